The highest BCUT2D eigenvalue weighted by atomic mass is 32.2. The van der Waals surface area contributed by atoms with Gasteiger partial charge in [0.05, 0.1) is 19.1 Å². The number of fused-ring (bicyclic) bond motifs is 1. The lowest BCUT2D eigenvalue weighted by Gasteiger charge is -2.19. The Morgan fingerprint density at radius 1 is 0.844 bits per heavy atom. The Morgan fingerprint density at radius 2 is 1.56 bits per heavy atom. The van der Waals surface area contributed by atoms with Crippen molar-refractivity contribution in [1.82, 2.24) is 0 Å². The predicted octanol–water partition coefficient (Wildman–Crippen LogP) is 3.73. The molecule has 0 fully saturated rings. The van der Waals surface area contributed by atoms with Crippen molar-refractivity contribution in [3.8, 4) is 28.4 Å². The number of Topliss-reactive ketones (excluding diaryl/α,β-unsaturated/α-hetero) is 1. The number of ether oxygens (including phenoxy) is 3. The molecule has 0 saturated heterocycles. The standard InChI is InChI=1S/C24H23NO6S/c1-29-22-13-11-20(17-4-3-5-19-18(17)10-12-21(19)26)23(30-2)24(22)31-14-15-6-8-16(9-7-15)32(25,27)28/h3-9,11,13H,10,12,14H2,1-2H3,(H2,25,27,28). The summed E-state index contributed by atoms with van der Waals surface area (Å²) in [5, 5.41) is 5.15. The van der Waals surface area contributed by atoms with E-state index in [-0.39, 0.29) is 17.3 Å². The van der Waals surface area contributed by atoms with E-state index in [1.165, 1.54) is 12.1 Å². The van der Waals surface area contributed by atoms with Gasteiger partial charge in [-0.2, -0.15) is 0 Å². The first kappa shape index (κ1) is 21.9. The lowest BCUT2D eigenvalue weighted by atomic mass is 9.95. The Hall–Kier alpha value is -3.36. The van der Waals surface area contributed by atoms with Crippen LogP contribution in [-0.4, -0.2) is 28.4 Å². The summed E-state index contributed by atoms with van der Waals surface area (Å²) in [7, 11) is -0.659. The summed E-state index contributed by atoms with van der Waals surface area (Å²) < 4.78 is 40.2. The number of rotatable bonds is 7. The van der Waals surface area contributed by atoms with Crippen LogP contribution in [-0.2, 0) is 23.1 Å². The second-order valence-corrected chi connectivity index (χ2v) is 8.97. The molecule has 1 aliphatic rings. The third-order valence-corrected chi connectivity index (χ3v) is 6.43. The number of carbonyl (C=O) groups is 1. The van der Waals surface area contributed by atoms with E-state index in [1.54, 1.807) is 32.4 Å². The molecule has 0 unspecified atom stereocenters. The summed E-state index contributed by atoms with van der Waals surface area (Å²) in [5.41, 5.74) is 4.23. The summed E-state index contributed by atoms with van der Waals surface area (Å²) >= 11 is 0. The van der Waals surface area contributed by atoms with Gasteiger partial charge in [0.1, 0.15) is 6.61 Å². The van der Waals surface area contributed by atoms with Gasteiger partial charge in [0.25, 0.3) is 0 Å². The van der Waals surface area contributed by atoms with Crippen LogP contribution in [0.3, 0.4) is 0 Å². The lowest BCUT2D eigenvalue weighted by molar-refractivity contribution is 0.0994. The first-order chi connectivity index (χ1) is 15.3. The zero-order chi connectivity index (χ0) is 22.9. The average molecular weight is 454 g/mol. The summed E-state index contributed by atoms with van der Waals surface area (Å²) in [5.74, 6) is 1.56. The van der Waals surface area contributed by atoms with Crippen LogP contribution in [0.4, 0.5) is 0 Å². The Bertz CT molecular complexity index is 1280. The topological polar surface area (TPSA) is 105 Å². The first-order valence-corrected chi connectivity index (χ1v) is 11.5. The molecule has 4 rings (SSSR count). The second-order valence-electron chi connectivity index (χ2n) is 7.41. The maximum absolute atomic E-state index is 12.2. The third kappa shape index (κ3) is 4.06. The van der Waals surface area contributed by atoms with Crippen molar-refractivity contribution < 1.29 is 27.4 Å². The lowest BCUT2D eigenvalue weighted by Crippen LogP contribution is -2.12. The highest BCUT2D eigenvalue weighted by Gasteiger charge is 2.25. The summed E-state index contributed by atoms with van der Waals surface area (Å²) in [6.07, 6.45) is 1.19. The normalized spacial score (nSPS) is 13.0. The molecule has 166 valence electrons. The van der Waals surface area contributed by atoms with Crippen molar-refractivity contribution in [3.05, 3.63) is 71.3 Å². The molecule has 32 heavy (non-hydrogen) atoms. The molecule has 7 nitrogen and oxygen atoms in total. The SMILES string of the molecule is COc1ccc(-c2cccc3c2CCC3=O)c(OC)c1OCc1ccc(S(N)(=O)=O)cc1. The van der Waals surface area contributed by atoms with Gasteiger partial charge in [-0.3, -0.25) is 4.79 Å². The minimum atomic E-state index is -3.76. The number of benzene rings is 3. The second kappa shape index (κ2) is 8.64. The maximum Gasteiger partial charge on any atom is 0.238 e. The van der Waals surface area contributed by atoms with Crippen LogP contribution in [0.1, 0.15) is 27.9 Å². The van der Waals surface area contributed by atoms with Gasteiger partial charge < -0.3 is 14.2 Å². The largest absolute Gasteiger partial charge is 0.493 e. The van der Waals surface area contributed by atoms with E-state index in [2.05, 4.69) is 0 Å². The van der Waals surface area contributed by atoms with Crippen molar-refractivity contribution >= 4 is 15.8 Å². The quantitative estimate of drug-likeness (QED) is 0.585. The van der Waals surface area contributed by atoms with Gasteiger partial charge in [-0.25, -0.2) is 13.6 Å². The van der Waals surface area contributed by atoms with Gasteiger partial charge in [0, 0.05) is 17.5 Å². The smallest absolute Gasteiger partial charge is 0.238 e. The molecule has 3 aromatic rings. The van der Waals surface area contributed by atoms with Gasteiger partial charge in [-0.15, -0.1) is 0 Å². The highest BCUT2D eigenvalue weighted by molar-refractivity contribution is 7.89. The van der Waals surface area contributed by atoms with E-state index < -0.39 is 10.0 Å². The number of hydrogen-bond acceptors (Lipinski definition) is 6. The average Bonchev–Trinajstić information content (AvgIpc) is 3.17. The number of carbonyl (C=O) groups excluding carboxylic acids is 1. The molecule has 0 amide bonds. The number of sulfonamides is 1. The van der Waals surface area contributed by atoms with Gasteiger partial charge in [0.15, 0.2) is 17.3 Å². The molecule has 1 aliphatic carbocycles. The summed E-state index contributed by atoms with van der Waals surface area (Å²) in [6, 6.07) is 15.5. The molecule has 0 heterocycles. The van der Waals surface area contributed by atoms with Crippen LogP contribution in [0.25, 0.3) is 11.1 Å². The van der Waals surface area contributed by atoms with Crippen molar-refractivity contribution in [2.45, 2.75) is 24.3 Å². The zero-order valence-electron chi connectivity index (χ0n) is 17.8. The minimum Gasteiger partial charge on any atom is -0.493 e. The molecule has 0 aliphatic heterocycles. The number of methoxy groups -OCH3 is 2. The first-order valence-electron chi connectivity index (χ1n) is 9.98. The Morgan fingerprint density at radius 3 is 2.22 bits per heavy atom. The van der Waals surface area contributed by atoms with Crippen LogP contribution in [0.5, 0.6) is 17.2 Å². The maximum atomic E-state index is 12.2. The zero-order valence-corrected chi connectivity index (χ0v) is 18.6. The molecular weight excluding hydrogens is 430 g/mol. The summed E-state index contributed by atoms with van der Waals surface area (Å²) in [4.78, 5) is 12.2. The monoisotopic (exact) mass is 453 g/mol. The van der Waals surface area contributed by atoms with E-state index in [1.807, 2.05) is 24.3 Å². The molecule has 0 spiro atoms. The molecule has 0 bridgehead atoms. The van der Waals surface area contributed by atoms with Crippen LogP contribution in [0.15, 0.2) is 59.5 Å². The Labute approximate surface area is 186 Å². The molecule has 0 aromatic heterocycles. The molecule has 3 aromatic carbocycles. The van der Waals surface area contributed by atoms with Crippen molar-refractivity contribution in [2.75, 3.05) is 14.2 Å². The van der Waals surface area contributed by atoms with Gasteiger partial charge in [0.2, 0.25) is 15.8 Å². The van der Waals surface area contributed by atoms with E-state index in [0.717, 1.165) is 27.8 Å². The molecule has 0 saturated carbocycles. The van der Waals surface area contributed by atoms with Crippen molar-refractivity contribution in [3.63, 3.8) is 0 Å². The third-order valence-electron chi connectivity index (χ3n) is 5.50. The Kier molecular flexibility index (Phi) is 5.90. The van der Waals surface area contributed by atoms with E-state index in [0.29, 0.717) is 30.1 Å². The fourth-order valence-electron chi connectivity index (χ4n) is 3.93. The van der Waals surface area contributed by atoms with Crippen molar-refractivity contribution in [2.24, 2.45) is 5.14 Å². The van der Waals surface area contributed by atoms with E-state index in [4.69, 9.17) is 19.3 Å². The summed E-state index contributed by atoms with van der Waals surface area (Å²) in [6.45, 7) is 0.159. The van der Waals surface area contributed by atoms with Crippen LogP contribution >= 0.6 is 0 Å². The fraction of sp³-hybridized carbons (Fsp3) is 0.208. The molecule has 8 heteroatoms. The highest BCUT2D eigenvalue weighted by Crippen LogP contribution is 2.46. The molecular formula is C24H23NO6S. The minimum absolute atomic E-state index is 0.0332. The van der Waals surface area contributed by atoms with E-state index >= 15 is 0 Å². The predicted molar refractivity (Wildman–Crippen MR) is 120 cm³/mol. The van der Waals surface area contributed by atoms with Crippen LogP contribution < -0.4 is 19.3 Å². The number of hydrogen-bond donors (Lipinski definition) is 1. The van der Waals surface area contributed by atoms with Gasteiger partial charge >= 0.3 is 0 Å². The molecule has 2 N–H and O–H groups in total. The number of nitrogens with two attached hydrogens (primary N) is 1. The Balaban J connectivity index is 1.71. The molecule has 0 radical (unpaired) electrons. The molecule has 0 atom stereocenters. The number of primary sulfonamides is 1. The van der Waals surface area contributed by atoms with Crippen molar-refractivity contribution in [1.29, 1.82) is 0 Å². The van der Waals surface area contributed by atoms with Crippen LogP contribution in [0, 0.1) is 0 Å². The van der Waals surface area contributed by atoms with Gasteiger partial charge in [-0.1, -0.05) is 30.3 Å². The van der Waals surface area contributed by atoms with E-state index in [9.17, 15) is 13.2 Å². The number of ketones is 1. The fourth-order valence-corrected chi connectivity index (χ4v) is 4.45. The van der Waals surface area contributed by atoms with Crippen LogP contribution in [0.2, 0.25) is 0 Å². The van der Waals surface area contributed by atoms with Gasteiger partial charge in [-0.05, 0) is 47.4 Å².